The first-order chi connectivity index (χ1) is 11.6. The molecule has 2 rings (SSSR count). The topological polar surface area (TPSA) is 96.8 Å². The van der Waals surface area contributed by atoms with E-state index in [1.807, 2.05) is 24.3 Å². The Morgan fingerprint density at radius 2 is 2.00 bits per heavy atom. The van der Waals surface area contributed by atoms with Crippen LogP contribution in [0.1, 0.15) is 25.8 Å². The summed E-state index contributed by atoms with van der Waals surface area (Å²) in [6.45, 7) is 4.35. The molecule has 1 heterocycles. The second-order valence-corrected chi connectivity index (χ2v) is 6.66. The lowest BCUT2D eigenvalue weighted by molar-refractivity contribution is 0.415. The van der Waals surface area contributed by atoms with Gasteiger partial charge >= 0.3 is 0 Å². The molecule has 1 aromatic carbocycles. The number of hydrogen-bond donors (Lipinski definition) is 2. The van der Waals surface area contributed by atoms with E-state index in [1.54, 1.807) is 18.9 Å². The zero-order chi connectivity index (χ0) is 17.5. The summed E-state index contributed by atoms with van der Waals surface area (Å²) in [5.74, 6) is 8.15. The van der Waals surface area contributed by atoms with Crippen LogP contribution < -0.4 is 16.0 Å². The fourth-order valence-corrected chi connectivity index (χ4v) is 3.14. The van der Waals surface area contributed by atoms with Crippen LogP contribution in [0.3, 0.4) is 0 Å². The molecule has 0 bridgehead atoms. The highest BCUT2D eigenvalue weighted by molar-refractivity contribution is 7.99. The summed E-state index contributed by atoms with van der Waals surface area (Å²) in [4.78, 5) is 8.92. The Balaban J connectivity index is 2.41. The quantitative estimate of drug-likeness (QED) is 0.344. The zero-order valence-corrected chi connectivity index (χ0v) is 14.9. The number of hydrogen-bond acceptors (Lipinski definition) is 7. The number of anilines is 1. The number of hydrazine groups is 1. The molecule has 0 saturated carbocycles. The Morgan fingerprint density at radius 3 is 2.54 bits per heavy atom. The number of ether oxygens (including phenoxy) is 1. The van der Waals surface area contributed by atoms with Gasteiger partial charge in [0.25, 0.3) is 0 Å². The van der Waals surface area contributed by atoms with Gasteiger partial charge in [-0.1, -0.05) is 25.6 Å². The number of nitriles is 1. The van der Waals surface area contributed by atoms with Crippen LogP contribution in [0.15, 0.2) is 29.4 Å². The molecule has 0 saturated heterocycles. The molecule has 24 heavy (non-hydrogen) atoms. The molecule has 0 unspecified atom stereocenters. The van der Waals surface area contributed by atoms with E-state index < -0.39 is 0 Å². The molecular formula is C17H21N5OS. The molecule has 126 valence electrons. The van der Waals surface area contributed by atoms with Crippen molar-refractivity contribution >= 4 is 17.6 Å². The van der Waals surface area contributed by atoms with Crippen LogP contribution in [-0.2, 0) is 0 Å². The summed E-state index contributed by atoms with van der Waals surface area (Å²) >= 11 is 1.56. The summed E-state index contributed by atoms with van der Waals surface area (Å²) in [5, 5.41) is 10.1. The Labute approximate surface area is 146 Å². The van der Waals surface area contributed by atoms with Crippen molar-refractivity contribution in [1.82, 2.24) is 9.97 Å². The first-order valence-electron chi connectivity index (χ1n) is 7.65. The van der Waals surface area contributed by atoms with Crippen LogP contribution >= 0.6 is 11.8 Å². The molecule has 3 N–H and O–H groups in total. The normalized spacial score (nSPS) is 10.5. The molecule has 7 heteroatoms. The van der Waals surface area contributed by atoms with Gasteiger partial charge in [0, 0.05) is 11.3 Å². The maximum atomic E-state index is 9.48. The lowest BCUT2D eigenvalue weighted by Crippen LogP contribution is -2.12. The summed E-state index contributed by atoms with van der Waals surface area (Å²) < 4.78 is 5.17. The number of benzene rings is 1. The number of rotatable bonds is 7. The fourth-order valence-electron chi connectivity index (χ4n) is 2.06. The molecular weight excluding hydrogens is 322 g/mol. The molecule has 0 aliphatic rings. The second-order valence-electron chi connectivity index (χ2n) is 5.59. The number of thioether (sulfide) groups is 1. The van der Waals surface area contributed by atoms with Crippen molar-refractivity contribution in [3.8, 4) is 23.1 Å². The average Bonchev–Trinajstić information content (AvgIpc) is 2.60. The standard InChI is InChI=1S/C17H21N5OS/c1-11(2)8-9-24-17-20-15(14(10-18)16(21-17)22-19)12-4-6-13(23-3)7-5-12/h4-7,11H,8-9,19H2,1-3H3,(H,20,21,22). The van der Waals surface area contributed by atoms with E-state index in [1.165, 1.54) is 0 Å². The van der Waals surface area contributed by atoms with E-state index in [0.29, 0.717) is 28.1 Å². The fraction of sp³-hybridized carbons (Fsp3) is 0.353. The largest absolute Gasteiger partial charge is 0.497 e. The van der Waals surface area contributed by atoms with Crippen LogP contribution in [0.2, 0.25) is 0 Å². The van der Waals surface area contributed by atoms with Gasteiger partial charge in [-0.2, -0.15) is 5.26 Å². The smallest absolute Gasteiger partial charge is 0.190 e. The average molecular weight is 343 g/mol. The molecule has 0 amide bonds. The Hall–Kier alpha value is -2.30. The maximum absolute atomic E-state index is 9.48. The highest BCUT2D eigenvalue weighted by atomic mass is 32.2. The summed E-state index contributed by atoms with van der Waals surface area (Å²) in [6, 6.07) is 9.53. The molecule has 0 fully saturated rings. The van der Waals surface area contributed by atoms with Crippen LogP contribution in [0, 0.1) is 17.2 Å². The van der Waals surface area contributed by atoms with Gasteiger partial charge in [0.2, 0.25) is 0 Å². The minimum atomic E-state index is 0.330. The van der Waals surface area contributed by atoms with Gasteiger partial charge in [-0.15, -0.1) is 0 Å². The van der Waals surface area contributed by atoms with Gasteiger partial charge in [0.15, 0.2) is 11.0 Å². The molecule has 0 atom stereocenters. The third-order valence-corrected chi connectivity index (χ3v) is 4.31. The number of nitrogen functional groups attached to an aromatic ring is 1. The van der Waals surface area contributed by atoms with E-state index in [0.717, 1.165) is 23.5 Å². The van der Waals surface area contributed by atoms with Crippen LogP contribution in [0.25, 0.3) is 11.3 Å². The molecule has 1 aromatic heterocycles. The number of aromatic nitrogens is 2. The molecule has 0 aliphatic carbocycles. The number of nitrogens with one attached hydrogen (secondary N) is 1. The van der Waals surface area contributed by atoms with Gasteiger partial charge in [0.1, 0.15) is 17.4 Å². The Bertz CT molecular complexity index is 725. The van der Waals surface area contributed by atoms with E-state index in [4.69, 9.17) is 10.6 Å². The highest BCUT2D eigenvalue weighted by Crippen LogP contribution is 2.30. The van der Waals surface area contributed by atoms with E-state index in [-0.39, 0.29) is 0 Å². The summed E-state index contributed by atoms with van der Waals surface area (Å²) in [6.07, 6.45) is 1.07. The zero-order valence-electron chi connectivity index (χ0n) is 14.0. The van der Waals surface area contributed by atoms with Gasteiger partial charge in [0.05, 0.1) is 12.8 Å². The lowest BCUT2D eigenvalue weighted by atomic mass is 10.1. The molecule has 6 nitrogen and oxygen atoms in total. The maximum Gasteiger partial charge on any atom is 0.190 e. The first-order valence-corrected chi connectivity index (χ1v) is 8.63. The van der Waals surface area contributed by atoms with Gasteiger partial charge in [-0.25, -0.2) is 15.8 Å². The van der Waals surface area contributed by atoms with Crippen LogP contribution in [0.5, 0.6) is 5.75 Å². The van der Waals surface area contributed by atoms with Crippen molar-refractivity contribution in [2.75, 3.05) is 18.3 Å². The number of methoxy groups -OCH3 is 1. The molecule has 2 aromatic rings. The van der Waals surface area contributed by atoms with Gasteiger partial charge in [-0.05, 0) is 36.6 Å². The minimum Gasteiger partial charge on any atom is -0.497 e. The molecule has 0 radical (unpaired) electrons. The van der Waals surface area contributed by atoms with Crippen molar-refractivity contribution in [2.45, 2.75) is 25.4 Å². The van der Waals surface area contributed by atoms with Crippen molar-refractivity contribution in [2.24, 2.45) is 11.8 Å². The second kappa shape index (κ2) is 8.52. The van der Waals surface area contributed by atoms with Crippen molar-refractivity contribution in [3.05, 3.63) is 29.8 Å². The van der Waals surface area contributed by atoms with E-state index >= 15 is 0 Å². The first kappa shape index (κ1) is 18.0. The van der Waals surface area contributed by atoms with Crippen molar-refractivity contribution in [1.29, 1.82) is 5.26 Å². The van der Waals surface area contributed by atoms with Gasteiger partial charge in [-0.3, -0.25) is 0 Å². The lowest BCUT2D eigenvalue weighted by Gasteiger charge is -2.11. The number of nitrogens with zero attached hydrogens (tertiary/aromatic N) is 3. The SMILES string of the molecule is COc1ccc(-c2nc(SCCC(C)C)nc(NN)c2C#N)cc1. The molecule has 0 spiro atoms. The van der Waals surface area contributed by atoms with Gasteiger partial charge < -0.3 is 10.2 Å². The summed E-state index contributed by atoms with van der Waals surface area (Å²) in [7, 11) is 1.61. The summed E-state index contributed by atoms with van der Waals surface area (Å²) in [5.41, 5.74) is 4.22. The predicted octanol–water partition coefficient (Wildman–Crippen LogP) is 3.45. The van der Waals surface area contributed by atoms with Crippen molar-refractivity contribution in [3.63, 3.8) is 0 Å². The highest BCUT2D eigenvalue weighted by Gasteiger charge is 2.16. The Morgan fingerprint density at radius 1 is 1.29 bits per heavy atom. The van der Waals surface area contributed by atoms with E-state index in [2.05, 4.69) is 35.3 Å². The predicted molar refractivity (Wildman–Crippen MR) is 96.7 cm³/mol. The monoisotopic (exact) mass is 343 g/mol. The molecule has 0 aliphatic heterocycles. The third kappa shape index (κ3) is 4.37. The van der Waals surface area contributed by atoms with Crippen LogP contribution in [0.4, 0.5) is 5.82 Å². The Kier molecular flexibility index (Phi) is 6.41. The minimum absolute atomic E-state index is 0.330. The van der Waals surface area contributed by atoms with Crippen molar-refractivity contribution < 1.29 is 4.74 Å². The van der Waals surface area contributed by atoms with E-state index in [9.17, 15) is 5.26 Å². The third-order valence-electron chi connectivity index (χ3n) is 3.43. The number of nitrogens with two attached hydrogens (primary N) is 1. The van der Waals surface area contributed by atoms with Crippen LogP contribution in [-0.4, -0.2) is 22.8 Å².